The van der Waals surface area contributed by atoms with Crippen LogP contribution in [0.5, 0.6) is 5.75 Å². The molecule has 0 atom stereocenters. The third kappa shape index (κ3) is 2.46. The molecule has 0 unspecified atom stereocenters. The first kappa shape index (κ1) is 14.9. The molecule has 0 bridgehead atoms. The van der Waals surface area contributed by atoms with Gasteiger partial charge in [-0.15, -0.1) is 11.3 Å². The van der Waals surface area contributed by atoms with Gasteiger partial charge in [-0.05, 0) is 37.6 Å². The molecule has 0 aliphatic heterocycles. The van der Waals surface area contributed by atoms with Crippen molar-refractivity contribution in [1.82, 2.24) is 0 Å². The molecule has 0 aliphatic rings. The van der Waals surface area contributed by atoms with Crippen molar-refractivity contribution < 1.29 is 17.9 Å². The first-order valence-electron chi connectivity index (χ1n) is 6.74. The van der Waals surface area contributed by atoms with E-state index >= 15 is 0 Å². The van der Waals surface area contributed by atoms with Gasteiger partial charge in [-0.25, -0.2) is 13.2 Å². The summed E-state index contributed by atoms with van der Waals surface area (Å²) >= 11 is 1.06. The van der Waals surface area contributed by atoms with Crippen molar-refractivity contribution in [3.8, 4) is 5.75 Å². The largest absolute Gasteiger partial charge is 0.486 e. The standard InChI is InChI=1S/C17H13F3OS/c1-9-3-4-11-12-5-6-13(21-8-7-10(2)18)15(20)17(12)22-16(11)14(9)19/h3-7H,8H2,1-2H3/b10-7-. The highest BCUT2D eigenvalue weighted by Gasteiger charge is 2.16. The first-order valence-corrected chi connectivity index (χ1v) is 7.55. The Balaban J connectivity index is 2.13. The van der Waals surface area contributed by atoms with Gasteiger partial charge in [0.2, 0.25) is 0 Å². The molecule has 0 aliphatic carbocycles. The topological polar surface area (TPSA) is 9.23 Å². The van der Waals surface area contributed by atoms with E-state index in [1.54, 1.807) is 25.1 Å². The van der Waals surface area contributed by atoms with Crippen molar-refractivity contribution in [2.75, 3.05) is 6.61 Å². The van der Waals surface area contributed by atoms with Crippen LogP contribution < -0.4 is 4.74 Å². The molecule has 0 radical (unpaired) electrons. The van der Waals surface area contributed by atoms with Gasteiger partial charge < -0.3 is 4.74 Å². The van der Waals surface area contributed by atoms with E-state index in [2.05, 4.69) is 0 Å². The van der Waals surface area contributed by atoms with Gasteiger partial charge in [-0.2, -0.15) is 0 Å². The molecule has 22 heavy (non-hydrogen) atoms. The van der Waals surface area contributed by atoms with E-state index in [0.29, 0.717) is 25.7 Å². The maximum atomic E-state index is 14.5. The minimum absolute atomic E-state index is 0.0358. The van der Waals surface area contributed by atoms with Crippen LogP contribution in [0.15, 0.2) is 36.2 Å². The minimum Gasteiger partial charge on any atom is -0.486 e. The molecule has 5 heteroatoms. The Morgan fingerprint density at radius 3 is 2.41 bits per heavy atom. The number of allylic oxidation sites excluding steroid dienone is 1. The lowest BCUT2D eigenvalue weighted by Gasteiger charge is -2.05. The maximum Gasteiger partial charge on any atom is 0.182 e. The van der Waals surface area contributed by atoms with Gasteiger partial charge in [0, 0.05) is 10.8 Å². The SMILES string of the molecule is C/C(F)=C/COc1ccc2c(sc3c(F)c(C)ccc32)c1F. The zero-order valence-electron chi connectivity index (χ0n) is 12.0. The molecule has 0 saturated carbocycles. The van der Waals surface area contributed by atoms with E-state index in [9.17, 15) is 13.2 Å². The summed E-state index contributed by atoms with van der Waals surface area (Å²) in [6.07, 6.45) is 1.22. The maximum absolute atomic E-state index is 14.5. The van der Waals surface area contributed by atoms with E-state index in [1.807, 2.05) is 0 Å². The molecule has 0 amide bonds. The van der Waals surface area contributed by atoms with E-state index in [0.717, 1.165) is 11.3 Å². The van der Waals surface area contributed by atoms with E-state index < -0.39 is 5.82 Å². The number of ether oxygens (including phenoxy) is 1. The number of hydrogen-bond donors (Lipinski definition) is 0. The molecule has 1 aromatic heterocycles. The van der Waals surface area contributed by atoms with Crippen LogP contribution in [-0.2, 0) is 0 Å². The highest BCUT2D eigenvalue weighted by Crippen LogP contribution is 2.40. The Bertz CT molecular complexity index is 892. The Kier molecular flexibility index (Phi) is 3.83. The number of halogens is 3. The highest BCUT2D eigenvalue weighted by atomic mass is 32.1. The van der Waals surface area contributed by atoms with Crippen LogP contribution in [0.4, 0.5) is 13.2 Å². The molecule has 0 spiro atoms. The van der Waals surface area contributed by atoms with E-state index in [1.165, 1.54) is 19.1 Å². The summed E-state index contributed by atoms with van der Waals surface area (Å²) in [5, 5.41) is 1.34. The fraction of sp³-hybridized carbons (Fsp3) is 0.176. The number of rotatable bonds is 3. The monoisotopic (exact) mass is 322 g/mol. The van der Waals surface area contributed by atoms with Crippen molar-refractivity contribution in [3.63, 3.8) is 0 Å². The Morgan fingerprint density at radius 2 is 1.73 bits per heavy atom. The molecule has 3 aromatic rings. The van der Waals surface area contributed by atoms with Crippen LogP contribution in [0.2, 0.25) is 0 Å². The van der Waals surface area contributed by atoms with Crippen molar-refractivity contribution in [2.45, 2.75) is 13.8 Å². The number of thiophene rings is 1. The number of aryl methyl sites for hydroxylation is 1. The second kappa shape index (κ2) is 5.65. The van der Waals surface area contributed by atoms with E-state index in [4.69, 9.17) is 4.74 Å². The zero-order valence-corrected chi connectivity index (χ0v) is 12.9. The van der Waals surface area contributed by atoms with Crippen molar-refractivity contribution in [3.05, 3.63) is 53.4 Å². The normalized spacial score (nSPS) is 12.3. The summed E-state index contributed by atoms with van der Waals surface area (Å²) in [5.74, 6) is -1.22. The number of fused-ring (bicyclic) bond motifs is 3. The molecular formula is C17H13F3OS. The third-order valence-electron chi connectivity index (χ3n) is 3.45. The van der Waals surface area contributed by atoms with Crippen molar-refractivity contribution in [1.29, 1.82) is 0 Å². The molecule has 1 heterocycles. The van der Waals surface area contributed by atoms with E-state index in [-0.39, 0.29) is 24.0 Å². The van der Waals surface area contributed by atoms with Crippen LogP contribution in [0.25, 0.3) is 20.2 Å². The smallest absolute Gasteiger partial charge is 0.182 e. The Hall–Kier alpha value is -2.01. The quantitative estimate of drug-likeness (QED) is 0.584. The molecule has 0 N–H and O–H groups in total. The summed E-state index contributed by atoms with van der Waals surface area (Å²) in [6.45, 7) is 2.92. The van der Waals surface area contributed by atoms with Gasteiger partial charge in [-0.1, -0.05) is 12.1 Å². The average molecular weight is 322 g/mol. The molecule has 114 valence electrons. The van der Waals surface area contributed by atoms with Gasteiger partial charge in [0.1, 0.15) is 12.4 Å². The summed E-state index contributed by atoms with van der Waals surface area (Å²) in [4.78, 5) is 0. The molecule has 0 fully saturated rings. The average Bonchev–Trinajstić information content (AvgIpc) is 2.85. The van der Waals surface area contributed by atoms with Gasteiger partial charge in [-0.3, -0.25) is 0 Å². The lowest BCUT2D eigenvalue weighted by atomic mass is 10.1. The highest BCUT2D eigenvalue weighted by molar-refractivity contribution is 7.25. The van der Waals surface area contributed by atoms with Crippen molar-refractivity contribution in [2.24, 2.45) is 0 Å². The summed E-state index contributed by atoms with van der Waals surface area (Å²) in [6, 6.07) is 6.67. The van der Waals surface area contributed by atoms with Gasteiger partial charge >= 0.3 is 0 Å². The molecule has 1 nitrogen and oxygen atoms in total. The predicted molar refractivity (Wildman–Crippen MR) is 84.3 cm³/mol. The lowest BCUT2D eigenvalue weighted by Crippen LogP contribution is -1.96. The molecule has 0 saturated heterocycles. The summed E-state index contributed by atoms with van der Waals surface area (Å²) in [5.41, 5.74) is 0.527. The second-order valence-electron chi connectivity index (χ2n) is 5.03. The van der Waals surface area contributed by atoms with Crippen LogP contribution in [-0.4, -0.2) is 6.61 Å². The van der Waals surface area contributed by atoms with Crippen LogP contribution in [0.1, 0.15) is 12.5 Å². The summed E-state index contributed by atoms with van der Waals surface area (Å²) < 4.78 is 47.3. The fourth-order valence-electron chi connectivity index (χ4n) is 2.28. The van der Waals surface area contributed by atoms with Gasteiger partial charge in [0.15, 0.2) is 11.6 Å². The van der Waals surface area contributed by atoms with Crippen LogP contribution in [0, 0.1) is 18.6 Å². The Labute approximate surface area is 129 Å². The number of benzene rings is 2. The predicted octanol–water partition coefficient (Wildman–Crippen LogP) is 5.89. The number of hydrogen-bond acceptors (Lipinski definition) is 2. The Morgan fingerprint density at radius 1 is 1.09 bits per heavy atom. The third-order valence-corrected chi connectivity index (χ3v) is 4.66. The lowest BCUT2D eigenvalue weighted by molar-refractivity contribution is 0.340. The zero-order chi connectivity index (χ0) is 15.9. The first-order chi connectivity index (χ1) is 10.5. The van der Waals surface area contributed by atoms with Crippen LogP contribution >= 0.6 is 11.3 Å². The molecule has 3 rings (SSSR count). The van der Waals surface area contributed by atoms with Gasteiger partial charge in [0.05, 0.1) is 15.2 Å². The molecule has 2 aromatic carbocycles. The summed E-state index contributed by atoms with van der Waals surface area (Å²) in [7, 11) is 0. The van der Waals surface area contributed by atoms with Crippen molar-refractivity contribution >= 4 is 31.5 Å². The van der Waals surface area contributed by atoms with Crippen LogP contribution in [0.3, 0.4) is 0 Å². The second-order valence-corrected chi connectivity index (χ2v) is 6.05. The fourth-order valence-corrected chi connectivity index (χ4v) is 3.50. The minimum atomic E-state index is -0.541. The van der Waals surface area contributed by atoms with Gasteiger partial charge in [0.25, 0.3) is 0 Å². The molecular weight excluding hydrogens is 309 g/mol.